The lowest BCUT2D eigenvalue weighted by molar-refractivity contribution is 0.0947. The lowest BCUT2D eigenvalue weighted by atomic mass is 9.98. The third kappa shape index (κ3) is 4.09. The number of imidazole rings is 1. The number of hydrogen-bond acceptors (Lipinski definition) is 6. The molecule has 3 aromatic heterocycles. The minimum Gasteiger partial charge on any atom is -0.347 e. The number of nitrogens with zero attached hydrogens (tertiary/aromatic N) is 5. The molecule has 1 saturated heterocycles. The van der Waals surface area contributed by atoms with Gasteiger partial charge in [-0.25, -0.2) is 19.3 Å². The average Bonchev–Trinajstić information content (AvgIpc) is 3.44. The zero-order chi connectivity index (χ0) is 22.1. The highest BCUT2D eigenvalue weighted by Gasteiger charge is 2.22. The quantitative estimate of drug-likeness (QED) is 0.444. The topological polar surface area (TPSA) is 113 Å². The van der Waals surface area contributed by atoms with E-state index in [0.29, 0.717) is 28.2 Å². The summed E-state index contributed by atoms with van der Waals surface area (Å²) in [5.74, 6) is 0.396. The predicted molar refractivity (Wildman–Crippen MR) is 116 cm³/mol. The highest BCUT2D eigenvalue weighted by atomic mass is 19.1. The molecule has 10 heteroatoms. The van der Waals surface area contributed by atoms with E-state index in [2.05, 4.69) is 35.7 Å². The van der Waals surface area contributed by atoms with Crippen LogP contribution >= 0.6 is 0 Å². The number of carbonyl (C=O) groups excluding carboxylic acids is 1. The van der Waals surface area contributed by atoms with Crippen LogP contribution in [-0.2, 0) is 13.6 Å². The molecule has 0 aliphatic carbocycles. The Morgan fingerprint density at radius 3 is 2.84 bits per heavy atom. The van der Waals surface area contributed by atoms with Gasteiger partial charge in [0.25, 0.3) is 5.91 Å². The zero-order valence-corrected chi connectivity index (χ0v) is 17.6. The first-order chi connectivity index (χ1) is 15.6. The molecular formula is C22H23FN8O. The summed E-state index contributed by atoms with van der Waals surface area (Å²) in [5, 5.41) is 10.3. The second-order valence-corrected chi connectivity index (χ2v) is 8.00. The molecule has 1 aliphatic rings. The van der Waals surface area contributed by atoms with Crippen LogP contribution in [0.5, 0.6) is 0 Å². The number of hydrogen-bond donors (Lipinski definition) is 3. The van der Waals surface area contributed by atoms with Crippen molar-refractivity contribution in [3.05, 3.63) is 59.8 Å². The molecule has 4 aromatic rings. The van der Waals surface area contributed by atoms with Crippen molar-refractivity contribution < 1.29 is 9.18 Å². The number of nitrogens with one attached hydrogen (secondary N) is 3. The van der Waals surface area contributed by atoms with Gasteiger partial charge in [-0.3, -0.25) is 9.48 Å². The van der Waals surface area contributed by atoms with E-state index in [-0.39, 0.29) is 24.0 Å². The van der Waals surface area contributed by atoms with Crippen LogP contribution in [-0.4, -0.2) is 48.7 Å². The number of aromatic amines is 1. The summed E-state index contributed by atoms with van der Waals surface area (Å²) < 4.78 is 15.8. The molecule has 3 N–H and O–H groups in total. The van der Waals surface area contributed by atoms with E-state index in [4.69, 9.17) is 0 Å². The van der Waals surface area contributed by atoms with Gasteiger partial charge in [-0.05, 0) is 55.3 Å². The van der Waals surface area contributed by atoms with E-state index >= 15 is 0 Å². The lowest BCUT2D eigenvalue weighted by Crippen LogP contribution is -2.27. The summed E-state index contributed by atoms with van der Waals surface area (Å²) in [4.78, 5) is 29.1. The summed E-state index contributed by atoms with van der Waals surface area (Å²) in [6, 6.07) is 4.69. The number of piperidine rings is 1. The number of H-pyrrole nitrogens is 1. The van der Waals surface area contributed by atoms with Crippen LogP contribution in [0.4, 0.5) is 4.39 Å². The van der Waals surface area contributed by atoms with Gasteiger partial charge >= 0.3 is 0 Å². The summed E-state index contributed by atoms with van der Waals surface area (Å²) >= 11 is 0. The largest absolute Gasteiger partial charge is 0.347 e. The van der Waals surface area contributed by atoms with E-state index in [1.165, 1.54) is 18.5 Å². The average molecular weight is 434 g/mol. The highest BCUT2D eigenvalue weighted by molar-refractivity contribution is 6.02. The summed E-state index contributed by atoms with van der Waals surface area (Å²) in [6.07, 6.45) is 6.79. The number of carbonyl (C=O) groups is 1. The third-order valence-electron chi connectivity index (χ3n) is 5.70. The number of aromatic nitrogens is 6. The molecule has 1 aromatic carbocycles. The lowest BCUT2D eigenvalue weighted by Gasteiger charge is -2.20. The minimum atomic E-state index is -0.375. The summed E-state index contributed by atoms with van der Waals surface area (Å²) in [5.41, 5.74) is 3.37. The Morgan fingerprint density at radius 2 is 2.06 bits per heavy atom. The molecule has 0 unspecified atom stereocenters. The molecule has 1 aliphatic heterocycles. The molecule has 0 spiro atoms. The van der Waals surface area contributed by atoms with Gasteiger partial charge < -0.3 is 15.6 Å². The smallest absolute Gasteiger partial charge is 0.272 e. The summed E-state index contributed by atoms with van der Waals surface area (Å²) in [6.45, 7) is 2.04. The third-order valence-corrected chi connectivity index (χ3v) is 5.70. The Balaban J connectivity index is 1.35. The Morgan fingerprint density at radius 1 is 1.22 bits per heavy atom. The molecule has 9 nitrogen and oxygen atoms in total. The first-order valence-electron chi connectivity index (χ1n) is 10.5. The molecule has 1 fully saturated rings. The molecule has 32 heavy (non-hydrogen) atoms. The summed E-state index contributed by atoms with van der Waals surface area (Å²) in [7, 11) is 1.80. The van der Waals surface area contributed by atoms with E-state index < -0.39 is 0 Å². The fourth-order valence-corrected chi connectivity index (χ4v) is 4.06. The number of benzene rings is 1. The van der Waals surface area contributed by atoms with Gasteiger partial charge in [0, 0.05) is 31.3 Å². The fraction of sp³-hybridized carbons (Fsp3) is 0.318. The Bertz CT molecular complexity index is 1270. The van der Waals surface area contributed by atoms with Crippen molar-refractivity contribution in [1.29, 1.82) is 0 Å². The van der Waals surface area contributed by atoms with Gasteiger partial charge in [-0.1, -0.05) is 0 Å². The van der Waals surface area contributed by atoms with Crippen LogP contribution in [0.1, 0.15) is 40.6 Å². The normalized spacial score (nSPS) is 14.7. The van der Waals surface area contributed by atoms with E-state index in [1.807, 2.05) is 12.3 Å². The van der Waals surface area contributed by atoms with Crippen molar-refractivity contribution in [1.82, 2.24) is 40.3 Å². The first-order valence-corrected chi connectivity index (χ1v) is 10.5. The van der Waals surface area contributed by atoms with Crippen LogP contribution in [0.2, 0.25) is 0 Å². The zero-order valence-electron chi connectivity index (χ0n) is 17.6. The molecule has 5 rings (SSSR count). The number of rotatable bonds is 5. The second-order valence-electron chi connectivity index (χ2n) is 8.00. The van der Waals surface area contributed by atoms with Gasteiger partial charge in [0.05, 0.1) is 6.20 Å². The van der Waals surface area contributed by atoms with Crippen molar-refractivity contribution in [2.75, 3.05) is 13.1 Å². The van der Waals surface area contributed by atoms with Crippen LogP contribution in [0, 0.1) is 5.82 Å². The minimum absolute atomic E-state index is 0.157. The predicted octanol–water partition coefficient (Wildman–Crippen LogP) is 2.29. The molecule has 164 valence electrons. The Labute approximate surface area is 183 Å². The maximum Gasteiger partial charge on any atom is 0.272 e. The molecular weight excluding hydrogens is 411 g/mol. The van der Waals surface area contributed by atoms with Crippen LogP contribution in [0.3, 0.4) is 0 Å². The van der Waals surface area contributed by atoms with Crippen LogP contribution in [0.15, 0.2) is 36.9 Å². The first kappa shape index (κ1) is 20.3. The van der Waals surface area contributed by atoms with Crippen molar-refractivity contribution in [3.8, 4) is 11.1 Å². The van der Waals surface area contributed by atoms with E-state index in [9.17, 15) is 9.18 Å². The second kappa shape index (κ2) is 8.46. The maximum atomic E-state index is 14.2. The monoisotopic (exact) mass is 434 g/mol. The van der Waals surface area contributed by atoms with E-state index in [1.54, 1.807) is 17.9 Å². The molecule has 0 bridgehead atoms. The fourth-order valence-electron chi connectivity index (χ4n) is 4.06. The van der Waals surface area contributed by atoms with Gasteiger partial charge in [-0.2, -0.15) is 5.10 Å². The van der Waals surface area contributed by atoms with Crippen molar-refractivity contribution in [2.24, 2.45) is 7.05 Å². The molecule has 1 amide bonds. The number of fused-ring (bicyclic) bond motifs is 1. The highest BCUT2D eigenvalue weighted by Crippen LogP contribution is 2.25. The van der Waals surface area contributed by atoms with Gasteiger partial charge in [-0.15, -0.1) is 0 Å². The van der Waals surface area contributed by atoms with E-state index in [0.717, 1.165) is 37.3 Å². The van der Waals surface area contributed by atoms with Crippen molar-refractivity contribution >= 4 is 17.1 Å². The number of amides is 1. The van der Waals surface area contributed by atoms with Crippen molar-refractivity contribution in [3.63, 3.8) is 0 Å². The molecule has 0 saturated carbocycles. The standard InChI is InChI=1S/C22H23FN8O/c1-31-11-16(10-28-31)15-6-13(7-17(23)8-15)9-25-22(32)19-18-21(27-12-26-19)30-20(29-18)14-2-4-24-5-3-14/h6-8,10-12,14,24H,2-5,9H2,1H3,(H,25,32)(H,26,27,29,30). The molecule has 0 radical (unpaired) electrons. The Kier molecular flexibility index (Phi) is 5.36. The maximum absolute atomic E-state index is 14.2. The Hall–Kier alpha value is -3.66. The number of halogens is 1. The number of aryl methyl sites for hydroxylation is 1. The SMILES string of the molecule is Cn1cc(-c2cc(F)cc(CNC(=O)c3ncnc4nc(C5CCNCC5)[nH]c34)c2)cn1. The molecule has 0 atom stereocenters. The van der Waals surface area contributed by atoms with Gasteiger partial charge in [0.15, 0.2) is 11.3 Å². The van der Waals surface area contributed by atoms with Gasteiger partial charge in [0.2, 0.25) is 0 Å². The van der Waals surface area contributed by atoms with Crippen molar-refractivity contribution in [2.45, 2.75) is 25.3 Å². The van der Waals surface area contributed by atoms with Crippen LogP contribution in [0.25, 0.3) is 22.3 Å². The van der Waals surface area contributed by atoms with Crippen LogP contribution < -0.4 is 10.6 Å². The molecule has 4 heterocycles. The van der Waals surface area contributed by atoms with Gasteiger partial charge in [0.1, 0.15) is 23.5 Å².